The molecule has 0 unspecified atom stereocenters. The number of carbonyl (C=O) groups excluding carboxylic acids is 1. The van der Waals surface area contributed by atoms with E-state index in [9.17, 15) is 9.90 Å². The summed E-state index contributed by atoms with van der Waals surface area (Å²) in [4.78, 5) is 10.9. The lowest BCUT2D eigenvalue weighted by Gasteiger charge is -2.26. The van der Waals surface area contributed by atoms with Gasteiger partial charge in [-0.3, -0.25) is 4.79 Å². The van der Waals surface area contributed by atoms with Gasteiger partial charge in [0.15, 0.2) is 5.69 Å². The van der Waals surface area contributed by atoms with E-state index >= 15 is 0 Å². The van der Waals surface area contributed by atoms with E-state index in [2.05, 4.69) is 15.5 Å². The van der Waals surface area contributed by atoms with Crippen LogP contribution in [-0.2, 0) is 0 Å². The maximum Gasteiger partial charge on any atom is 0.269 e. The van der Waals surface area contributed by atoms with Crippen molar-refractivity contribution in [3.63, 3.8) is 0 Å². The zero-order valence-corrected chi connectivity index (χ0v) is 10.9. The summed E-state index contributed by atoms with van der Waals surface area (Å²) < 4.78 is 0. The third kappa shape index (κ3) is 3.89. The zero-order valence-electron chi connectivity index (χ0n) is 10.9. The van der Waals surface area contributed by atoms with Crippen molar-refractivity contribution in [3.05, 3.63) is 17.8 Å². The minimum Gasteiger partial charge on any atom is -0.388 e. The molecule has 104 valence electrons. The number of nitrogens with one attached hydrogen (secondary N) is 1. The van der Waals surface area contributed by atoms with Gasteiger partial charge in [-0.05, 0) is 25.0 Å². The Hall–Kier alpha value is -1.69. The number of anilines is 1. The van der Waals surface area contributed by atoms with Crippen LogP contribution in [0.5, 0.6) is 0 Å². The Balaban J connectivity index is 1.92. The van der Waals surface area contributed by atoms with Gasteiger partial charge in [0.1, 0.15) is 5.82 Å². The van der Waals surface area contributed by atoms with E-state index in [0.29, 0.717) is 12.4 Å². The molecular weight excluding hydrogens is 244 g/mol. The van der Waals surface area contributed by atoms with Gasteiger partial charge in [0, 0.05) is 6.54 Å². The van der Waals surface area contributed by atoms with E-state index in [-0.39, 0.29) is 5.69 Å². The molecule has 1 amide bonds. The number of nitrogens with two attached hydrogens (primary N) is 1. The van der Waals surface area contributed by atoms with Crippen LogP contribution in [0.25, 0.3) is 0 Å². The summed E-state index contributed by atoms with van der Waals surface area (Å²) in [5, 5.41) is 21.1. The van der Waals surface area contributed by atoms with E-state index < -0.39 is 11.5 Å². The number of hydrogen-bond donors (Lipinski definition) is 3. The molecule has 6 nitrogen and oxygen atoms in total. The van der Waals surface area contributed by atoms with Gasteiger partial charge in [0.25, 0.3) is 5.91 Å². The third-order valence-corrected chi connectivity index (χ3v) is 3.55. The van der Waals surface area contributed by atoms with E-state index in [1.807, 2.05) is 0 Å². The molecule has 4 N–H and O–H groups in total. The highest BCUT2D eigenvalue weighted by atomic mass is 16.3. The molecule has 19 heavy (non-hydrogen) atoms. The smallest absolute Gasteiger partial charge is 0.269 e. The average Bonchev–Trinajstić information content (AvgIpc) is 2.62. The lowest BCUT2D eigenvalue weighted by atomic mass is 9.94. The predicted molar refractivity (Wildman–Crippen MR) is 71.7 cm³/mol. The number of aliphatic hydroxyl groups is 1. The van der Waals surface area contributed by atoms with Gasteiger partial charge in [0.2, 0.25) is 0 Å². The van der Waals surface area contributed by atoms with Gasteiger partial charge in [-0.2, -0.15) is 0 Å². The Kier molecular flexibility index (Phi) is 4.31. The van der Waals surface area contributed by atoms with Gasteiger partial charge in [-0.1, -0.05) is 25.7 Å². The van der Waals surface area contributed by atoms with Crippen LogP contribution in [0, 0.1) is 0 Å². The Labute approximate surface area is 112 Å². The van der Waals surface area contributed by atoms with Crippen molar-refractivity contribution >= 4 is 11.7 Å². The molecule has 1 saturated carbocycles. The molecule has 1 aromatic heterocycles. The molecule has 1 aliphatic carbocycles. The highest BCUT2D eigenvalue weighted by molar-refractivity contribution is 5.90. The zero-order chi connectivity index (χ0) is 13.7. The maximum atomic E-state index is 10.9. The first-order valence-corrected chi connectivity index (χ1v) is 6.69. The number of amides is 1. The van der Waals surface area contributed by atoms with Crippen LogP contribution in [0.1, 0.15) is 49.0 Å². The maximum absolute atomic E-state index is 10.9. The van der Waals surface area contributed by atoms with E-state index in [1.165, 1.54) is 18.9 Å². The Morgan fingerprint density at radius 2 is 1.95 bits per heavy atom. The lowest BCUT2D eigenvalue weighted by molar-refractivity contribution is 0.0380. The average molecular weight is 264 g/mol. The van der Waals surface area contributed by atoms with Crippen molar-refractivity contribution in [1.29, 1.82) is 0 Å². The second-order valence-corrected chi connectivity index (χ2v) is 5.16. The van der Waals surface area contributed by atoms with Crippen molar-refractivity contribution in [2.75, 3.05) is 11.9 Å². The molecule has 1 aliphatic rings. The van der Waals surface area contributed by atoms with E-state index in [0.717, 1.165) is 25.7 Å². The molecule has 1 fully saturated rings. The Morgan fingerprint density at radius 1 is 1.26 bits per heavy atom. The number of primary amides is 1. The molecule has 0 saturated heterocycles. The van der Waals surface area contributed by atoms with Crippen molar-refractivity contribution in [2.24, 2.45) is 5.73 Å². The van der Waals surface area contributed by atoms with Crippen molar-refractivity contribution in [3.8, 4) is 0 Å². The molecule has 1 aromatic rings. The second-order valence-electron chi connectivity index (χ2n) is 5.16. The van der Waals surface area contributed by atoms with Gasteiger partial charge in [-0.15, -0.1) is 10.2 Å². The number of hydrogen-bond acceptors (Lipinski definition) is 5. The predicted octanol–water partition coefficient (Wildman–Crippen LogP) is 1.07. The third-order valence-electron chi connectivity index (χ3n) is 3.55. The van der Waals surface area contributed by atoms with Crippen LogP contribution in [-0.4, -0.2) is 33.4 Å². The summed E-state index contributed by atoms with van der Waals surface area (Å²) in [5.41, 5.74) is 4.56. The van der Waals surface area contributed by atoms with Gasteiger partial charge >= 0.3 is 0 Å². The van der Waals surface area contributed by atoms with Crippen LogP contribution in [0.2, 0.25) is 0 Å². The molecule has 2 rings (SSSR count). The first-order valence-electron chi connectivity index (χ1n) is 6.69. The summed E-state index contributed by atoms with van der Waals surface area (Å²) in [6, 6.07) is 3.17. The summed E-state index contributed by atoms with van der Waals surface area (Å²) in [6.45, 7) is 0.456. The van der Waals surface area contributed by atoms with Crippen LogP contribution in [0.15, 0.2) is 12.1 Å². The molecule has 0 atom stereocenters. The standard InChI is InChI=1S/C13H20N4O2/c14-12(18)10-5-6-11(17-16-10)15-9-13(19)7-3-1-2-4-8-13/h5-6,19H,1-4,7-9H2,(H2,14,18)(H,15,17). The monoisotopic (exact) mass is 264 g/mol. The summed E-state index contributed by atoms with van der Waals surface area (Å²) in [7, 11) is 0. The van der Waals surface area contributed by atoms with Crippen LogP contribution < -0.4 is 11.1 Å². The number of carbonyl (C=O) groups is 1. The highest BCUT2D eigenvalue weighted by Gasteiger charge is 2.27. The second kappa shape index (κ2) is 5.97. The molecule has 0 aromatic carbocycles. The fourth-order valence-electron chi connectivity index (χ4n) is 2.38. The van der Waals surface area contributed by atoms with Gasteiger partial charge in [-0.25, -0.2) is 0 Å². The minimum atomic E-state index is -0.666. The molecule has 0 spiro atoms. The topological polar surface area (TPSA) is 101 Å². The number of rotatable bonds is 4. The van der Waals surface area contributed by atoms with Crippen LogP contribution in [0.3, 0.4) is 0 Å². The molecule has 0 bridgehead atoms. The van der Waals surface area contributed by atoms with Gasteiger partial charge in [0.05, 0.1) is 5.60 Å². The molecule has 6 heteroatoms. The van der Waals surface area contributed by atoms with Crippen molar-refractivity contribution in [2.45, 2.75) is 44.1 Å². The summed E-state index contributed by atoms with van der Waals surface area (Å²) >= 11 is 0. The van der Waals surface area contributed by atoms with Crippen LogP contribution >= 0.6 is 0 Å². The molecule has 0 aliphatic heterocycles. The minimum absolute atomic E-state index is 0.138. The molecule has 1 heterocycles. The largest absolute Gasteiger partial charge is 0.388 e. The van der Waals surface area contributed by atoms with Gasteiger partial charge < -0.3 is 16.2 Å². The fourth-order valence-corrected chi connectivity index (χ4v) is 2.38. The van der Waals surface area contributed by atoms with Crippen LogP contribution in [0.4, 0.5) is 5.82 Å². The van der Waals surface area contributed by atoms with E-state index in [4.69, 9.17) is 5.73 Å². The summed E-state index contributed by atoms with van der Waals surface area (Å²) in [5.74, 6) is -0.0517. The SMILES string of the molecule is NC(=O)c1ccc(NCC2(O)CCCCCC2)nn1. The van der Waals surface area contributed by atoms with Crippen molar-refractivity contribution < 1.29 is 9.90 Å². The number of nitrogens with zero attached hydrogens (tertiary/aromatic N) is 2. The molecular formula is C13H20N4O2. The number of aromatic nitrogens is 2. The quantitative estimate of drug-likeness (QED) is 0.706. The molecule has 0 radical (unpaired) electrons. The summed E-state index contributed by atoms with van der Waals surface area (Å²) in [6.07, 6.45) is 6.12. The first-order chi connectivity index (χ1) is 9.09. The normalized spacial score (nSPS) is 18.6. The first kappa shape index (κ1) is 13.7. The Morgan fingerprint density at radius 3 is 2.47 bits per heavy atom. The van der Waals surface area contributed by atoms with Crippen molar-refractivity contribution in [1.82, 2.24) is 10.2 Å². The van der Waals surface area contributed by atoms with E-state index in [1.54, 1.807) is 6.07 Å². The highest BCUT2D eigenvalue weighted by Crippen LogP contribution is 2.27. The fraction of sp³-hybridized carbons (Fsp3) is 0.615. The lowest BCUT2D eigenvalue weighted by Crippen LogP contribution is -2.36. The Bertz CT molecular complexity index is 425.